The monoisotopic (exact) mass is 374 g/mol. The highest BCUT2D eigenvalue weighted by molar-refractivity contribution is 5.94. The molecule has 0 aliphatic carbocycles. The van der Waals surface area contributed by atoms with E-state index < -0.39 is 6.04 Å². The fourth-order valence-corrected chi connectivity index (χ4v) is 3.64. The Morgan fingerprint density at radius 2 is 1.82 bits per heavy atom. The zero-order valence-electron chi connectivity index (χ0n) is 16.1. The van der Waals surface area contributed by atoms with Crippen LogP contribution in [0.2, 0.25) is 0 Å². The number of hydrogen-bond acceptors (Lipinski definition) is 3. The summed E-state index contributed by atoms with van der Waals surface area (Å²) >= 11 is 0. The van der Waals surface area contributed by atoms with Gasteiger partial charge in [-0.05, 0) is 44.0 Å². The Morgan fingerprint density at radius 3 is 2.61 bits per heavy atom. The number of carbonyl (C=O) groups excluding carboxylic acids is 1. The molecule has 28 heavy (non-hydrogen) atoms. The van der Waals surface area contributed by atoms with Gasteiger partial charge in [-0.2, -0.15) is 4.98 Å². The van der Waals surface area contributed by atoms with E-state index in [2.05, 4.69) is 10.3 Å². The summed E-state index contributed by atoms with van der Waals surface area (Å²) in [7, 11) is 0. The highest BCUT2D eigenvalue weighted by atomic mass is 16.2. The van der Waals surface area contributed by atoms with E-state index in [0.29, 0.717) is 12.2 Å². The maximum absolute atomic E-state index is 13.0. The first kappa shape index (κ1) is 18.0. The first-order chi connectivity index (χ1) is 13.5. The Kier molecular flexibility index (Phi) is 4.47. The molecule has 0 radical (unpaired) electrons. The van der Waals surface area contributed by atoms with Crippen LogP contribution in [-0.2, 0) is 11.3 Å². The number of para-hydroxylation sites is 1. The lowest BCUT2D eigenvalue weighted by Crippen LogP contribution is -2.32. The van der Waals surface area contributed by atoms with Crippen LogP contribution in [-0.4, -0.2) is 20.1 Å². The van der Waals surface area contributed by atoms with Crippen molar-refractivity contribution in [3.8, 4) is 0 Å². The molecule has 4 rings (SSSR count). The molecule has 0 saturated carbocycles. The molecule has 0 aliphatic heterocycles. The molecule has 1 N–H and O–H groups in total. The van der Waals surface area contributed by atoms with Gasteiger partial charge in [-0.25, -0.2) is 4.52 Å². The molecule has 142 valence electrons. The van der Waals surface area contributed by atoms with Crippen LogP contribution in [0.1, 0.15) is 29.8 Å². The summed E-state index contributed by atoms with van der Waals surface area (Å²) in [6.45, 7) is 6.21. The molecule has 0 aliphatic rings. The first-order valence-electron chi connectivity index (χ1n) is 9.29. The summed E-state index contributed by atoms with van der Waals surface area (Å²) in [5.74, 6) is -0.0935. The van der Waals surface area contributed by atoms with Crippen molar-refractivity contribution in [1.29, 1.82) is 0 Å². The van der Waals surface area contributed by atoms with E-state index in [-0.39, 0.29) is 11.5 Å². The van der Waals surface area contributed by atoms with Crippen molar-refractivity contribution >= 4 is 22.5 Å². The fraction of sp³-hybridized carbons (Fsp3) is 0.227. The second-order valence-corrected chi connectivity index (χ2v) is 7.05. The smallest absolute Gasteiger partial charge is 0.273 e. The third kappa shape index (κ3) is 2.97. The molecule has 0 fully saturated rings. The third-order valence-electron chi connectivity index (χ3n) is 5.15. The molecule has 2 heterocycles. The Balaban J connectivity index is 1.76. The van der Waals surface area contributed by atoms with Gasteiger partial charge in [0.1, 0.15) is 6.04 Å². The van der Waals surface area contributed by atoms with Crippen LogP contribution in [0.5, 0.6) is 0 Å². The van der Waals surface area contributed by atoms with Crippen molar-refractivity contribution < 1.29 is 4.79 Å². The zero-order chi connectivity index (χ0) is 19.8. The molecule has 4 aromatic rings. The predicted molar refractivity (Wildman–Crippen MR) is 109 cm³/mol. The van der Waals surface area contributed by atoms with Crippen LogP contribution in [0, 0.1) is 13.8 Å². The van der Waals surface area contributed by atoms with E-state index in [9.17, 15) is 9.59 Å². The second-order valence-electron chi connectivity index (χ2n) is 7.05. The molecule has 0 bridgehead atoms. The number of fused-ring (bicyclic) bond motifs is 3. The normalized spacial score (nSPS) is 12.4. The predicted octanol–water partition coefficient (Wildman–Crippen LogP) is 3.14. The van der Waals surface area contributed by atoms with E-state index in [4.69, 9.17) is 0 Å². The summed E-state index contributed by atoms with van der Waals surface area (Å²) < 4.78 is 3.75. The second kappa shape index (κ2) is 6.96. The largest absolute Gasteiger partial charge is 0.350 e. The summed E-state index contributed by atoms with van der Waals surface area (Å²) in [5.41, 5.74) is 4.12. The minimum absolute atomic E-state index is 0.0935. The Hall–Kier alpha value is -3.41. The lowest BCUT2D eigenvalue weighted by molar-refractivity contribution is -0.124. The van der Waals surface area contributed by atoms with Crippen molar-refractivity contribution in [2.24, 2.45) is 0 Å². The van der Waals surface area contributed by atoms with Gasteiger partial charge in [0.25, 0.3) is 5.56 Å². The number of benzene rings is 2. The van der Waals surface area contributed by atoms with Crippen LogP contribution in [0.4, 0.5) is 0 Å². The highest BCUT2D eigenvalue weighted by Crippen LogP contribution is 2.25. The molecule has 1 amide bonds. The number of carbonyl (C=O) groups is 1. The van der Waals surface area contributed by atoms with Crippen LogP contribution >= 0.6 is 0 Å². The summed E-state index contributed by atoms with van der Waals surface area (Å²) in [6, 6.07) is 16.7. The lowest BCUT2D eigenvalue weighted by Gasteiger charge is -2.18. The van der Waals surface area contributed by atoms with E-state index in [1.807, 2.05) is 78.5 Å². The average Bonchev–Trinajstić information content (AvgIpc) is 3.01. The van der Waals surface area contributed by atoms with Crippen LogP contribution in [0.15, 0.2) is 59.4 Å². The van der Waals surface area contributed by atoms with Gasteiger partial charge in [0, 0.05) is 23.7 Å². The molecule has 0 unspecified atom stereocenters. The summed E-state index contributed by atoms with van der Waals surface area (Å²) in [6.07, 6.45) is 0. The van der Waals surface area contributed by atoms with Gasteiger partial charge in [-0.1, -0.05) is 36.4 Å². The van der Waals surface area contributed by atoms with E-state index in [0.717, 1.165) is 27.7 Å². The maximum Gasteiger partial charge on any atom is 0.273 e. The molecule has 2 aromatic carbocycles. The van der Waals surface area contributed by atoms with E-state index in [1.165, 1.54) is 6.07 Å². The molecule has 6 nitrogen and oxygen atoms in total. The van der Waals surface area contributed by atoms with Crippen molar-refractivity contribution in [3.05, 3.63) is 81.8 Å². The van der Waals surface area contributed by atoms with Crippen molar-refractivity contribution in [1.82, 2.24) is 19.5 Å². The number of amides is 1. The van der Waals surface area contributed by atoms with Gasteiger partial charge >= 0.3 is 0 Å². The minimum Gasteiger partial charge on any atom is -0.350 e. The Morgan fingerprint density at radius 1 is 1.11 bits per heavy atom. The molecule has 0 spiro atoms. The molecule has 2 aromatic heterocycles. The number of hydrogen-bond donors (Lipinski definition) is 1. The van der Waals surface area contributed by atoms with E-state index in [1.54, 1.807) is 0 Å². The van der Waals surface area contributed by atoms with Gasteiger partial charge in [-0.15, -0.1) is 0 Å². The van der Waals surface area contributed by atoms with Crippen molar-refractivity contribution in [3.63, 3.8) is 0 Å². The lowest BCUT2D eigenvalue weighted by atomic mass is 10.1. The number of aryl methyl sites for hydroxylation is 2. The molecule has 6 heteroatoms. The van der Waals surface area contributed by atoms with Gasteiger partial charge in [0.2, 0.25) is 5.91 Å². The maximum atomic E-state index is 13.0. The topological polar surface area (TPSA) is 68.4 Å². The third-order valence-corrected chi connectivity index (χ3v) is 5.15. The number of nitrogens with zero attached hydrogens (tertiary/aromatic N) is 3. The minimum atomic E-state index is -0.477. The van der Waals surface area contributed by atoms with Gasteiger partial charge in [0.15, 0.2) is 5.65 Å². The quantitative estimate of drug-likeness (QED) is 0.597. The van der Waals surface area contributed by atoms with Crippen LogP contribution < -0.4 is 10.9 Å². The van der Waals surface area contributed by atoms with Crippen LogP contribution in [0.3, 0.4) is 0 Å². The number of aromatic nitrogens is 3. The molecular weight excluding hydrogens is 352 g/mol. The summed E-state index contributed by atoms with van der Waals surface area (Å²) in [5, 5.41) is 3.88. The average molecular weight is 374 g/mol. The van der Waals surface area contributed by atoms with Crippen LogP contribution in [0.25, 0.3) is 16.6 Å². The standard InChI is InChI=1S/C22H22N4O2/c1-14-8-4-5-9-17(14)13-23-22(28)16(3)26-19-11-7-6-10-18(19)21-24-20(27)12-15(2)25(21)26/h4-12,16H,13H2,1-3H3,(H,23,28)/t16-/m0/s1. The Labute approximate surface area is 162 Å². The fourth-order valence-electron chi connectivity index (χ4n) is 3.64. The molecule has 1 atom stereocenters. The van der Waals surface area contributed by atoms with Gasteiger partial charge in [0.05, 0.1) is 5.52 Å². The number of nitrogens with one attached hydrogen (secondary N) is 1. The SMILES string of the molecule is Cc1ccccc1CNC(=O)[C@H](C)n1c2ccccc2c2nc(=O)cc(C)n21. The van der Waals surface area contributed by atoms with E-state index >= 15 is 0 Å². The summed E-state index contributed by atoms with van der Waals surface area (Å²) in [4.78, 5) is 29.1. The highest BCUT2D eigenvalue weighted by Gasteiger charge is 2.22. The molecule has 0 saturated heterocycles. The van der Waals surface area contributed by atoms with Crippen molar-refractivity contribution in [2.75, 3.05) is 0 Å². The molecular formula is C22H22N4O2. The zero-order valence-corrected chi connectivity index (χ0v) is 16.1. The first-order valence-corrected chi connectivity index (χ1v) is 9.29. The van der Waals surface area contributed by atoms with Gasteiger partial charge < -0.3 is 5.32 Å². The van der Waals surface area contributed by atoms with Gasteiger partial charge in [-0.3, -0.25) is 14.3 Å². The Bertz CT molecular complexity index is 1250. The number of rotatable bonds is 4. The van der Waals surface area contributed by atoms with Crippen molar-refractivity contribution in [2.45, 2.75) is 33.4 Å².